The quantitative estimate of drug-likeness (QED) is 0.582. The fourth-order valence-corrected chi connectivity index (χ4v) is 3.18. The highest BCUT2D eigenvalue weighted by Gasteiger charge is 2.75. The number of carboxylic acids is 1. The highest BCUT2D eigenvalue weighted by Crippen LogP contribution is 2.71. The summed E-state index contributed by atoms with van der Waals surface area (Å²) in [6.07, 6.45) is 0.866. The second-order valence-electron chi connectivity index (χ2n) is 3.88. The van der Waals surface area contributed by atoms with Crippen LogP contribution in [0.3, 0.4) is 0 Å². The first-order chi connectivity index (χ1) is 5.22. The van der Waals surface area contributed by atoms with Gasteiger partial charge in [0.15, 0.2) is 0 Å². The Kier molecular flexibility index (Phi) is 0.708. The minimum atomic E-state index is -0.754. The summed E-state index contributed by atoms with van der Waals surface area (Å²) in [5.41, 5.74) is 0. The van der Waals surface area contributed by atoms with Gasteiger partial charge in [-0.1, -0.05) is 0 Å². The van der Waals surface area contributed by atoms with Crippen molar-refractivity contribution in [2.45, 2.75) is 6.42 Å². The Labute approximate surface area is 63.4 Å². The van der Waals surface area contributed by atoms with Crippen molar-refractivity contribution in [1.29, 1.82) is 0 Å². The third-order valence-electron chi connectivity index (χ3n) is 3.58. The van der Waals surface area contributed by atoms with E-state index in [1.165, 1.54) is 0 Å². The van der Waals surface area contributed by atoms with E-state index in [-0.39, 0.29) is 29.5 Å². The van der Waals surface area contributed by atoms with Crippen molar-refractivity contribution in [3.8, 4) is 0 Å². The molecule has 11 heavy (non-hydrogen) atoms. The van der Waals surface area contributed by atoms with Crippen LogP contribution in [0.2, 0.25) is 0 Å². The predicted molar refractivity (Wildman–Crippen MR) is 34.7 cm³/mol. The van der Waals surface area contributed by atoms with Crippen LogP contribution < -0.4 is 0 Å². The molecule has 0 aliphatic heterocycles. The first kappa shape index (κ1) is 5.75. The molecule has 0 aromatic heterocycles. The largest absolute Gasteiger partial charge is 0.481 e. The lowest BCUT2D eigenvalue weighted by Gasteiger charge is -2.05. The van der Waals surface area contributed by atoms with Crippen molar-refractivity contribution in [2.75, 3.05) is 0 Å². The van der Waals surface area contributed by atoms with Crippen LogP contribution in [0.15, 0.2) is 0 Å². The van der Waals surface area contributed by atoms with Gasteiger partial charge in [0.25, 0.3) is 0 Å². The fourth-order valence-electron chi connectivity index (χ4n) is 3.18. The zero-order valence-electron chi connectivity index (χ0n) is 5.86. The summed E-state index contributed by atoms with van der Waals surface area (Å²) in [6.45, 7) is 0. The van der Waals surface area contributed by atoms with Crippen molar-refractivity contribution in [3.05, 3.63) is 0 Å². The Morgan fingerprint density at radius 3 is 2.45 bits per heavy atom. The van der Waals surface area contributed by atoms with E-state index in [1.807, 2.05) is 0 Å². The number of carbonyl (C=O) groups excluding carboxylic acids is 1. The molecule has 0 aromatic carbocycles. The van der Waals surface area contributed by atoms with Crippen LogP contribution in [0, 0.1) is 29.6 Å². The van der Waals surface area contributed by atoms with Crippen LogP contribution in [-0.2, 0) is 9.59 Å². The topological polar surface area (TPSA) is 54.4 Å². The monoisotopic (exact) mass is 152 g/mol. The lowest BCUT2D eigenvalue weighted by molar-refractivity contribution is -0.144. The summed E-state index contributed by atoms with van der Waals surface area (Å²) in [4.78, 5) is 21.9. The molecule has 4 saturated carbocycles. The average Bonchev–Trinajstić information content (AvgIpc) is 2.33. The van der Waals surface area contributed by atoms with Crippen molar-refractivity contribution >= 4 is 11.8 Å². The van der Waals surface area contributed by atoms with Gasteiger partial charge < -0.3 is 5.11 Å². The van der Waals surface area contributed by atoms with E-state index in [1.54, 1.807) is 0 Å². The van der Waals surface area contributed by atoms with Crippen LogP contribution in [0.25, 0.3) is 0 Å². The van der Waals surface area contributed by atoms with Gasteiger partial charge in [0.05, 0.1) is 5.92 Å². The molecule has 0 aromatic rings. The lowest BCUT2D eigenvalue weighted by atomic mass is 9.98. The van der Waals surface area contributed by atoms with Gasteiger partial charge in [0.1, 0.15) is 5.78 Å². The molecule has 4 aliphatic carbocycles. The van der Waals surface area contributed by atoms with E-state index in [4.69, 9.17) is 5.11 Å². The molecule has 58 valence electrons. The number of ketones is 1. The fraction of sp³-hybridized carbons (Fsp3) is 0.750. The summed E-state index contributed by atoms with van der Waals surface area (Å²) >= 11 is 0. The molecule has 1 N–H and O–H groups in total. The minimum Gasteiger partial charge on any atom is -0.481 e. The zero-order valence-corrected chi connectivity index (χ0v) is 5.86. The summed E-state index contributed by atoms with van der Waals surface area (Å²) < 4.78 is 0. The normalized spacial score (nSPS) is 56.7. The smallest absolute Gasteiger partial charge is 0.307 e. The van der Waals surface area contributed by atoms with E-state index < -0.39 is 5.97 Å². The highest BCUT2D eigenvalue weighted by molar-refractivity contribution is 5.98. The van der Waals surface area contributed by atoms with Gasteiger partial charge in [-0.15, -0.1) is 0 Å². The second-order valence-corrected chi connectivity index (χ2v) is 3.88. The number of aliphatic carboxylic acids is 1. The minimum absolute atomic E-state index is 0.104. The zero-order chi connectivity index (χ0) is 7.75. The van der Waals surface area contributed by atoms with E-state index in [2.05, 4.69) is 0 Å². The Morgan fingerprint density at radius 2 is 2.27 bits per heavy atom. The van der Waals surface area contributed by atoms with Crippen molar-refractivity contribution in [3.63, 3.8) is 0 Å². The number of hydrogen-bond acceptors (Lipinski definition) is 2. The van der Waals surface area contributed by atoms with E-state index in [0.717, 1.165) is 6.42 Å². The van der Waals surface area contributed by atoms with E-state index >= 15 is 0 Å². The maximum Gasteiger partial charge on any atom is 0.307 e. The van der Waals surface area contributed by atoms with Crippen LogP contribution >= 0.6 is 0 Å². The Hall–Kier alpha value is -0.860. The molecule has 5 atom stereocenters. The lowest BCUT2D eigenvalue weighted by Crippen LogP contribution is -2.19. The maximum atomic E-state index is 11.2. The summed E-state index contributed by atoms with van der Waals surface area (Å²) in [7, 11) is 0. The third-order valence-corrected chi connectivity index (χ3v) is 3.58. The van der Waals surface area contributed by atoms with Crippen molar-refractivity contribution < 1.29 is 14.7 Å². The van der Waals surface area contributed by atoms with Gasteiger partial charge >= 0.3 is 5.97 Å². The molecule has 0 unspecified atom stereocenters. The first-order valence-electron chi connectivity index (χ1n) is 3.98. The van der Waals surface area contributed by atoms with Crippen molar-refractivity contribution in [2.24, 2.45) is 29.6 Å². The number of hydrogen-bond donors (Lipinski definition) is 1. The van der Waals surface area contributed by atoms with Gasteiger partial charge in [-0.05, 0) is 18.3 Å². The van der Waals surface area contributed by atoms with Crippen molar-refractivity contribution in [1.82, 2.24) is 0 Å². The molecule has 4 bridgehead atoms. The van der Waals surface area contributed by atoms with Crippen LogP contribution in [0.5, 0.6) is 0 Å². The number of carboxylic acid groups (broad SMARTS) is 1. The summed E-state index contributed by atoms with van der Waals surface area (Å²) in [5.74, 6) is -0.0482. The second kappa shape index (κ2) is 1.36. The van der Waals surface area contributed by atoms with E-state index in [0.29, 0.717) is 5.92 Å². The Morgan fingerprint density at radius 1 is 1.55 bits per heavy atom. The highest BCUT2D eigenvalue weighted by atomic mass is 16.4. The van der Waals surface area contributed by atoms with Gasteiger partial charge in [0, 0.05) is 11.8 Å². The molecule has 4 fully saturated rings. The molecule has 4 rings (SSSR count). The first-order valence-corrected chi connectivity index (χ1v) is 3.98. The summed E-state index contributed by atoms with van der Waals surface area (Å²) in [5, 5.41) is 8.77. The molecule has 4 aliphatic rings. The van der Waals surface area contributed by atoms with Gasteiger partial charge in [-0.2, -0.15) is 0 Å². The number of rotatable bonds is 1. The molecule has 0 saturated heterocycles. The molecule has 3 nitrogen and oxygen atoms in total. The molecule has 0 spiro atoms. The molecule has 0 radical (unpaired) electrons. The average molecular weight is 152 g/mol. The van der Waals surface area contributed by atoms with E-state index in [9.17, 15) is 9.59 Å². The standard InChI is InChI=1S/C8H8O3/c9-7-3-1-2-4(5(2)7)6(3)8(10)11/h2-6H,1H2,(H,10,11)/t2-,3+,4+,5+,6-/m0/s1. The predicted octanol–water partition coefficient (Wildman–Crippen LogP) is 0.152. The van der Waals surface area contributed by atoms with Crippen LogP contribution in [0.4, 0.5) is 0 Å². The summed E-state index contributed by atoms with van der Waals surface area (Å²) in [6, 6.07) is 0. The van der Waals surface area contributed by atoms with Gasteiger partial charge in [-0.25, -0.2) is 0 Å². The number of Topliss-reactive ketones (excluding diaryl/α,β-unsaturated/α-hetero) is 1. The van der Waals surface area contributed by atoms with Gasteiger partial charge in [-0.3, -0.25) is 9.59 Å². The molecular formula is C8H8O3. The molecule has 0 amide bonds. The van der Waals surface area contributed by atoms with Crippen LogP contribution in [-0.4, -0.2) is 16.9 Å². The third kappa shape index (κ3) is 0.424. The van der Waals surface area contributed by atoms with Crippen LogP contribution in [0.1, 0.15) is 6.42 Å². The molecule has 0 heterocycles. The Bertz CT molecular complexity index is 271. The SMILES string of the molecule is O=C(O)[C@@H]1[C@@H]2[C@@H]3C[C@H]1C(=O)[C@H]32. The van der Waals surface area contributed by atoms with Gasteiger partial charge in [0.2, 0.25) is 0 Å². The molecular weight excluding hydrogens is 144 g/mol. The molecule has 3 heteroatoms. The number of carbonyl (C=O) groups is 2. The maximum absolute atomic E-state index is 11.2. The Balaban J connectivity index is 2.03.